The minimum absolute atomic E-state index is 1.11. The van der Waals surface area contributed by atoms with Gasteiger partial charge in [-0.2, -0.15) is 10.0 Å². The third-order valence-corrected chi connectivity index (χ3v) is 15.1. The average Bonchev–Trinajstić information content (AvgIpc) is 3.46. The van der Waals surface area contributed by atoms with E-state index in [1.165, 1.54) is 109 Å². The molecule has 9 aromatic rings. The van der Waals surface area contributed by atoms with Gasteiger partial charge in [0, 0.05) is 9.79 Å². The van der Waals surface area contributed by atoms with E-state index in [1.54, 1.807) is 0 Å². The van der Waals surface area contributed by atoms with E-state index in [0.717, 1.165) is 12.8 Å². The number of allylic oxidation sites excluding steroid dienone is 1. The Hall–Kier alpha value is -6.15. The zero-order chi connectivity index (χ0) is 36.7. The highest BCUT2D eigenvalue weighted by Crippen LogP contribution is 2.68. The van der Waals surface area contributed by atoms with Crippen LogP contribution in [0.3, 0.4) is 0 Å². The molecule has 0 amide bonds. The van der Waals surface area contributed by atoms with Crippen molar-refractivity contribution in [3.8, 4) is 55.6 Å². The van der Waals surface area contributed by atoms with Crippen molar-refractivity contribution in [2.75, 3.05) is 12.5 Å². The molecular weight excluding hydrogens is 681 g/mol. The summed E-state index contributed by atoms with van der Waals surface area (Å²) in [6.45, 7) is 0. The molecule has 1 heterocycles. The monoisotopic (exact) mass is 720 g/mol. The third-order valence-electron chi connectivity index (χ3n) is 12.2. The van der Waals surface area contributed by atoms with Gasteiger partial charge in [0.25, 0.3) is 0 Å². The Balaban J connectivity index is 1.27. The Kier molecular flexibility index (Phi) is 7.31. The summed E-state index contributed by atoms with van der Waals surface area (Å²) in [6, 6.07) is 64.3. The van der Waals surface area contributed by atoms with E-state index in [1.807, 2.05) is 0 Å². The van der Waals surface area contributed by atoms with Gasteiger partial charge in [0.15, 0.2) is 0 Å². The molecule has 11 rings (SSSR count). The normalized spacial score (nSPS) is 14.5. The molecule has 0 saturated carbocycles. The fourth-order valence-corrected chi connectivity index (χ4v) is 12.0. The molecule has 0 bridgehead atoms. The first-order valence-electron chi connectivity index (χ1n) is 19.4. The van der Waals surface area contributed by atoms with Gasteiger partial charge in [-0.25, -0.2) is 0 Å². The first-order chi connectivity index (χ1) is 27.0. The van der Waals surface area contributed by atoms with Crippen LogP contribution < -0.4 is 0 Å². The predicted octanol–water partition coefficient (Wildman–Crippen LogP) is 15.2. The van der Waals surface area contributed by atoms with Crippen molar-refractivity contribution >= 4 is 48.4 Å². The molecule has 0 fully saturated rings. The first kappa shape index (κ1) is 32.3. The van der Waals surface area contributed by atoms with Crippen molar-refractivity contribution < 1.29 is 0 Å². The Labute approximate surface area is 324 Å². The number of rotatable bonds is 4. The number of hydrogen-bond donors (Lipinski definition) is 0. The summed E-state index contributed by atoms with van der Waals surface area (Å²) in [4.78, 5) is 2.95. The lowest BCUT2D eigenvalue weighted by molar-refractivity contribution is 0.986. The van der Waals surface area contributed by atoms with Crippen LogP contribution in [0.4, 0.5) is 0 Å². The maximum absolute atomic E-state index is 2.59. The minimum atomic E-state index is -1.24. The van der Waals surface area contributed by atoms with Gasteiger partial charge >= 0.3 is 0 Å². The second-order valence-corrected chi connectivity index (χ2v) is 19.1. The number of hydrogen-bond acceptors (Lipinski definition) is 0. The second kappa shape index (κ2) is 12.4. The van der Waals surface area contributed by atoms with Crippen LogP contribution in [-0.2, 0) is 6.42 Å². The molecule has 0 unspecified atom stereocenters. The van der Waals surface area contributed by atoms with Gasteiger partial charge in [-0.1, -0.05) is 152 Å². The third kappa shape index (κ3) is 5.00. The van der Waals surface area contributed by atoms with Crippen molar-refractivity contribution in [3.63, 3.8) is 0 Å². The lowest BCUT2D eigenvalue weighted by atomic mass is 9.81. The number of aryl methyl sites for hydroxylation is 1. The van der Waals surface area contributed by atoms with Gasteiger partial charge in [0.1, 0.15) is 0 Å². The van der Waals surface area contributed by atoms with Crippen LogP contribution in [0.1, 0.15) is 17.5 Å². The summed E-state index contributed by atoms with van der Waals surface area (Å²) in [5.74, 6) is 0. The van der Waals surface area contributed by atoms with E-state index in [2.05, 4.69) is 195 Å². The van der Waals surface area contributed by atoms with Crippen molar-refractivity contribution in [1.82, 2.24) is 0 Å². The average molecular weight is 721 g/mol. The topological polar surface area (TPSA) is 0 Å². The number of benzene rings is 9. The lowest BCUT2D eigenvalue weighted by Gasteiger charge is -2.29. The molecule has 2 aliphatic rings. The van der Waals surface area contributed by atoms with E-state index in [-0.39, 0.29) is 0 Å². The SMILES string of the molecule is CS1(C)c2ccccc2-c2cc3c(-c4ccccc4-c4ccc5ccccc5c4)c4ccccc4c(-c4ccccc4-c4ccc5c(c4)C=CCC5)c3cc21. The van der Waals surface area contributed by atoms with Crippen LogP contribution >= 0.6 is 10.0 Å². The molecule has 0 N–H and O–H groups in total. The minimum Gasteiger partial charge on any atom is -0.192 e. The summed E-state index contributed by atoms with van der Waals surface area (Å²) >= 11 is 0. The van der Waals surface area contributed by atoms with Gasteiger partial charge in [-0.3, -0.25) is 0 Å². The summed E-state index contributed by atoms with van der Waals surface area (Å²) in [5.41, 5.74) is 15.7. The van der Waals surface area contributed by atoms with Crippen molar-refractivity contribution in [2.24, 2.45) is 0 Å². The van der Waals surface area contributed by atoms with E-state index < -0.39 is 10.0 Å². The van der Waals surface area contributed by atoms with Gasteiger partial charge in [-0.05, 0) is 155 Å². The number of fused-ring (bicyclic) bond motifs is 7. The molecule has 262 valence electrons. The van der Waals surface area contributed by atoms with Crippen LogP contribution in [0.15, 0.2) is 186 Å². The van der Waals surface area contributed by atoms with Gasteiger partial charge in [-0.15, -0.1) is 0 Å². The van der Waals surface area contributed by atoms with Crippen molar-refractivity contribution in [1.29, 1.82) is 0 Å². The van der Waals surface area contributed by atoms with Crippen LogP contribution in [0, 0.1) is 0 Å². The largest absolute Gasteiger partial charge is 0.192 e. The Morgan fingerprint density at radius 3 is 1.69 bits per heavy atom. The van der Waals surface area contributed by atoms with Crippen LogP contribution in [0.5, 0.6) is 0 Å². The zero-order valence-electron chi connectivity index (χ0n) is 31.1. The van der Waals surface area contributed by atoms with Gasteiger partial charge in [0.2, 0.25) is 0 Å². The maximum atomic E-state index is 2.59. The fraction of sp³-hybridized carbons (Fsp3) is 0.0741. The fourth-order valence-electron chi connectivity index (χ4n) is 9.53. The summed E-state index contributed by atoms with van der Waals surface area (Å²) < 4.78 is 0. The van der Waals surface area contributed by atoms with Crippen molar-refractivity contribution in [3.05, 3.63) is 187 Å². The second-order valence-electron chi connectivity index (χ2n) is 15.5. The highest BCUT2D eigenvalue weighted by Gasteiger charge is 2.33. The van der Waals surface area contributed by atoms with Crippen LogP contribution in [0.25, 0.3) is 94.0 Å². The molecule has 1 aliphatic carbocycles. The first-order valence-corrected chi connectivity index (χ1v) is 21.8. The van der Waals surface area contributed by atoms with E-state index in [0.29, 0.717) is 0 Å². The molecule has 0 aromatic heterocycles. The summed E-state index contributed by atoms with van der Waals surface area (Å²) in [7, 11) is -1.24. The predicted molar refractivity (Wildman–Crippen MR) is 239 cm³/mol. The Morgan fingerprint density at radius 2 is 0.964 bits per heavy atom. The highest BCUT2D eigenvalue weighted by molar-refractivity contribution is 8.33. The summed E-state index contributed by atoms with van der Waals surface area (Å²) in [5, 5.41) is 7.70. The van der Waals surface area contributed by atoms with E-state index in [4.69, 9.17) is 0 Å². The standard InChI is InChI=1S/C54H40S/c1-55(2)51-26-14-13-21-43(51)48-33-49-50(34-52(48)55)54(45-23-10-8-20-42(45)40-30-28-36-16-4-6-18-38(36)32-40)47-25-12-11-24-46(47)53(49)44-22-9-7-19-41(44)39-29-27-35-15-3-5-17-37(35)31-39/h3,5-15,17-34H,4,16H2,1-2H3. The zero-order valence-corrected chi connectivity index (χ0v) is 32.0. The summed E-state index contributed by atoms with van der Waals surface area (Å²) in [6.07, 6.45) is 11.8. The maximum Gasteiger partial charge on any atom is 0.00219 e. The highest BCUT2D eigenvalue weighted by atomic mass is 32.3. The molecule has 9 aromatic carbocycles. The van der Waals surface area contributed by atoms with Crippen LogP contribution in [0.2, 0.25) is 0 Å². The molecular formula is C54H40S. The van der Waals surface area contributed by atoms with Crippen LogP contribution in [-0.4, -0.2) is 12.5 Å². The molecule has 55 heavy (non-hydrogen) atoms. The van der Waals surface area contributed by atoms with E-state index >= 15 is 0 Å². The molecule has 0 atom stereocenters. The van der Waals surface area contributed by atoms with Gasteiger partial charge in [0.05, 0.1) is 0 Å². The molecule has 0 spiro atoms. The quantitative estimate of drug-likeness (QED) is 0.159. The molecule has 0 radical (unpaired) electrons. The molecule has 0 nitrogen and oxygen atoms in total. The van der Waals surface area contributed by atoms with Crippen molar-refractivity contribution in [2.45, 2.75) is 22.6 Å². The Morgan fingerprint density at radius 1 is 0.400 bits per heavy atom. The Bertz CT molecular complexity index is 3070. The van der Waals surface area contributed by atoms with E-state index in [9.17, 15) is 0 Å². The van der Waals surface area contributed by atoms with Gasteiger partial charge < -0.3 is 0 Å². The molecule has 0 saturated heterocycles. The molecule has 1 aliphatic heterocycles. The lowest BCUT2D eigenvalue weighted by Crippen LogP contribution is -1.97. The molecule has 1 heteroatoms. The smallest absolute Gasteiger partial charge is 0.00219 e.